The Labute approximate surface area is 154 Å². The molecule has 0 unspecified atom stereocenters. The molecule has 26 heavy (non-hydrogen) atoms. The van der Waals surface area contributed by atoms with E-state index in [-0.39, 0.29) is 5.82 Å². The highest BCUT2D eigenvalue weighted by atomic mass is 32.2. The molecule has 1 saturated heterocycles. The molecule has 0 radical (unpaired) electrons. The molecule has 0 atom stereocenters. The van der Waals surface area contributed by atoms with Gasteiger partial charge in [-0.1, -0.05) is 42.5 Å². The first kappa shape index (κ1) is 18.3. The molecule has 0 amide bonds. The maximum absolute atomic E-state index is 11.2. The van der Waals surface area contributed by atoms with E-state index in [1.807, 2.05) is 18.2 Å². The number of rotatable bonds is 6. The van der Waals surface area contributed by atoms with Crippen LogP contribution < -0.4 is 9.62 Å². The molecule has 2 aromatic rings. The molecule has 138 valence electrons. The molecular formula is C18H23N5O2S. The van der Waals surface area contributed by atoms with Crippen molar-refractivity contribution in [1.82, 2.24) is 15.1 Å². The predicted octanol–water partition coefficient (Wildman–Crippen LogP) is 1.68. The van der Waals surface area contributed by atoms with Crippen molar-refractivity contribution in [1.29, 1.82) is 0 Å². The average Bonchev–Trinajstić information content (AvgIpc) is 2.63. The van der Waals surface area contributed by atoms with E-state index in [0.29, 0.717) is 0 Å². The van der Waals surface area contributed by atoms with Gasteiger partial charge in [-0.25, -0.2) is 8.42 Å². The highest BCUT2D eigenvalue weighted by molar-refractivity contribution is 7.92. The van der Waals surface area contributed by atoms with E-state index in [1.54, 1.807) is 12.1 Å². The fourth-order valence-electron chi connectivity index (χ4n) is 2.80. The lowest BCUT2D eigenvalue weighted by molar-refractivity contribution is 0.283. The van der Waals surface area contributed by atoms with Gasteiger partial charge in [0.2, 0.25) is 10.0 Å². The molecule has 0 bridgehead atoms. The fraction of sp³-hybridized carbons (Fsp3) is 0.333. The zero-order chi connectivity index (χ0) is 18.4. The molecule has 1 aromatic heterocycles. The molecule has 2 heterocycles. The first-order chi connectivity index (χ1) is 12.5. The quantitative estimate of drug-likeness (QED) is 0.830. The highest BCUT2D eigenvalue weighted by Crippen LogP contribution is 2.15. The summed E-state index contributed by atoms with van der Waals surface area (Å²) in [5.41, 5.74) is 1.21. The monoisotopic (exact) mass is 373 g/mol. The van der Waals surface area contributed by atoms with Gasteiger partial charge in [-0.05, 0) is 17.7 Å². The SMILES string of the molecule is CS(=O)(=O)Nc1ccc(N2CCN(C/C=C/c3ccccc3)CC2)nn1. The third kappa shape index (κ3) is 5.53. The summed E-state index contributed by atoms with van der Waals surface area (Å²) in [6, 6.07) is 13.7. The van der Waals surface area contributed by atoms with Gasteiger partial charge in [0, 0.05) is 32.7 Å². The van der Waals surface area contributed by atoms with E-state index in [2.05, 4.69) is 49.0 Å². The van der Waals surface area contributed by atoms with Crippen LogP contribution in [0, 0.1) is 0 Å². The van der Waals surface area contributed by atoms with Crippen molar-refractivity contribution in [3.63, 3.8) is 0 Å². The van der Waals surface area contributed by atoms with Gasteiger partial charge in [0.15, 0.2) is 11.6 Å². The second-order valence-electron chi connectivity index (χ2n) is 6.25. The number of anilines is 2. The van der Waals surface area contributed by atoms with Crippen molar-refractivity contribution in [2.45, 2.75) is 0 Å². The van der Waals surface area contributed by atoms with E-state index < -0.39 is 10.0 Å². The Hall–Kier alpha value is -2.45. The molecule has 0 spiro atoms. The predicted molar refractivity (Wildman–Crippen MR) is 105 cm³/mol. The van der Waals surface area contributed by atoms with Gasteiger partial charge in [-0.2, -0.15) is 0 Å². The van der Waals surface area contributed by atoms with Crippen molar-refractivity contribution in [3.8, 4) is 0 Å². The summed E-state index contributed by atoms with van der Waals surface area (Å²) in [5.74, 6) is 1.00. The van der Waals surface area contributed by atoms with Crippen LogP contribution in [0.5, 0.6) is 0 Å². The molecule has 1 aliphatic rings. The molecule has 8 heteroatoms. The number of sulfonamides is 1. The number of nitrogens with zero attached hydrogens (tertiary/aromatic N) is 4. The van der Waals surface area contributed by atoms with E-state index in [4.69, 9.17) is 0 Å². The minimum atomic E-state index is -3.33. The maximum atomic E-state index is 11.2. The van der Waals surface area contributed by atoms with Gasteiger partial charge < -0.3 is 4.90 Å². The van der Waals surface area contributed by atoms with Crippen LogP contribution in [-0.4, -0.2) is 62.5 Å². The third-order valence-corrected chi connectivity index (χ3v) is 4.69. The second-order valence-corrected chi connectivity index (χ2v) is 8.00. The van der Waals surface area contributed by atoms with Gasteiger partial charge in [0.25, 0.3) is 0 Å². The Morgan fingerprint density at radius 3 is 2.38 bits per heavy atom. The van der Waals surface area contributed by atoms with Crippen LogP contribution in [0.15, 0.2) is 48.5 Å². The molecule has 1 N–H and O–H groups in total. The summed E-state index contributed by atoms with van der Waals surface area (Å²) in [6.07, 6.45) is 5.43. The average molecular weight is 373 g/mol. The smallest absolute Gasteiger partial charge is 0.231 e. The van der Waals surface area contributed by atoms with Crippen molar-refractivity contribution >= 4 is 27.7 Å². The van der Waals surface area contributed by atoms with Crippen LogP contribution in [-0.2, 0) is 10.0 Å². The van der Waals surface area contributed by atoms with Crippen LogP contribution in [0.4, 0.5) is 11.6 Å². The molecule has 7 nitrogen and oxygen atoms in total. The Kier molecular flexibility index (Phi) is 5.85. The van der Waals surface area contributed by atoms with E-state index in [1.165, 1.54) is 5.56 Å². The van der Waals surface area contributed by atoms with Crippen LogP contribution in [0.2, 0.25) is 0 Å². The number of aromatic nitrogens is 2. The van der Waals surface area contributed by atoms with Crippen molar-refractivity contribution < 1.29 is 8.42 Å². The Morgan fingerprint density at radius 2 is 1.77 bits per heavy atom. The summed E-state index contributed by atoms with van der Waals surface area (Å²) >= 11 is 0. The number of nitrogens with one attached hydrogen (secondary N) is 1. The number of hydrogen-bond acceptors (Lipinski definition) is 6. The summed E-state index contributed by atoms with van der Waals surface area (Å²) < 4.78 is 24.7. The first-order valence-electron chi connectivity index (χ1n) is 8.50. The molecule has 0 saturated carbocycles. The molecule has 1 fully saturated rings. The lowest BCUT2D eigenvalue weighted by Gasteiger charge is -2.34. The van der Waals surface area contributed by atoms with Crippen LogP contribution in [0.3, 0.4) is 0 Å². The van der Waals surface area contributed by atoms with Crippen LogP contribution in [0.25, 0.3) is 6.08 Å². The third-order valence-electron chi connectivity index (χ3n) is 4.11. The van der Waals surface area contributed by atoms with Crippen molar-refractivity contribution in [2.75, 3.05) is 48.6 Å². The first-order valence-corrected chi connectivity index (χ1v) is 10.4. The summed E-state index contributed by atoms with van der Waals surface area (Å²) in [7, 11) is -3.33. The van der Waals surface area contributed by atoms with Gasteiger partial charge in [-0.15, -0.1) is 10.2 Å². The van der Waals surface area contributed by atoms with Crippen molar-refractivity contribution in [3.05, 3.63) is 54.1 Å². The van der Waals surface area contributed by atoms with E-state index in [0.717, 1.165) is 44.8 Å². The Morgan fingerprint density at radius 1 is 1.04 bits per heavy atom. The Balaban J connectivity index is 1.48. The summed E-state index contributed by atoms with van der Waals surface area (Å²) in [5, 5.41) is 8.06. The molecular weight excluding hydrogens is 350 g/mol. The van der Waals surface area contributed by atoms with Crippen LogP contribution >= 0.6 is 0 Å². The van der Waals surface area contributed by atoms with Crippen molar-refractivity contribution in [2.24, 2.45) is 0 Å². The number of benzene rings is 1. The normalized spacial score (nSPS) is 16.1. The largest absolute Gasteiger partial charge is 0.353 e. The van der Waals surface area contributed by atoms with E-state index in [9.17, 15) is 8.42 Å². The standard InChI is InChI=1S/C18H23N5O2S/c1-26(24,25)21-17-9-10-18(20-19-17)23-14-12-22(13-15-23)11-5-8-16-6-3-2-4-7-16/h2-10H,11-15H2,1H3,(H,19,21)/b8-5+. The van der Waals surface area contributed by atoms with Gasteiger partial charge >= 0.3 is 0 Å². The highest BCUT2D eigenvalue weighted by Gasteiger charge is 2.17. The lowest BCUT2D eigenvalue weighted by atomic mass is 10.2. The lowest BCUT2D eigenvalue weighted by Crippen LogP contribution is -2.46. The Bertz CT molecular complexity index is 830. The molecule has 3 rings (SSSR count). The zero-order valence-corrected chi connectivity index (χ0v) is 15.6. The van der Waals surface area contributed by atoms with Crippen LogP contribution in [0.1, 0.15) is 5.56 Å². The molecule has 0 aliphatic carbocycles. The second kappa shape index (κ2) is 8.29. The molecule has 1 aromatic carbocycles. The number of piperazine rings is 1. The maximum Gasteiger partial charge on any atom is 0.231 e. The number of hydrogen-bond donors (Lipinski definition) is 1. The summed E-state index contributed by atoms with van der Waals surface area (Å²) in [4.78, 5) is 4.55. The summed E-state index contributed by atoms with van der Waals surface area (Å²) in [6.45, 7) is 4.55. The topological polar surface area (TPSA) is 78.4 Å². The van der Waals surface area contributed by atoms with E-state index >= 15 is 0 Å². The van der Waals surface area contributed by atoms with Gasteiger partial charge in [0.1, 0.15) is 0 Å². The molecule has 1 aliphatic heterocycles. The minimum Gasteiger partial charge on any atom is -0.353 e. The van der Waals surface area contributed by atoms with Gasteiger partial charge in [0.05, 0.1) is 6.26 Å². The zero-order valence-electron chi connectivity index (χ0n) is 14.7. The fourth-order valence-corrected chi connectivity index (χ4v) is 3.29. The minimum absolute atomic E-state index is 0.237. The van der Waals surface area contributed by atoms with Gasteiger partial charge in [-0.3, -0.25) is 9.62 Å².